The number of rotatable bonds is 7. The van der Waals surface area contributed by atoms with Crippen molar-refractivity contribution in [3.63, 3.8) is 0 Å². The van der Waals surface area contributed by atoms with Crippen LogP contribution in [-0.4, -0.2) is 30.8 Å². The molecule has 1 N–H and O–H groups in total. The highest BCUT2D eigenvalue weighted by atomic mass is 16.5. The summed E-state index contributed by atoms with van der Waals surface area (Å²) in [6.45, 7) is 5.30. The quantitative estimate of drug-likeness (QED) is 0.766. The third kappa shape index (κ3) is 4.29. The molecule has 0 aliphatic carbocycles. The van der Waals surface area contributed by atoms with Crippen molar-refractivity contribution in [2.45, 2.75) is 38.8 Å². The largest absolute Gasteiger partial charge is 0.380 e. The first kappa shape index (κ1) is 13.1. The summed E-state index contributed by atoms with van der Waals surface area (Å²) in [4.78, 5) is 4.13. The number of hydrogen-bond acceptors (Lipinski definition) is 3. The molecule has 3 heteroatoms. The highest BCUT2D eigenvalue weighted by Gasteiger charge is 2.16. The van der Waals surface area contributed by atoms with Gasteiger partial charge in [-0.15, -0.1) is 0 Å². The molecule has 0 amide bonds. The highest BCUT2D eigenvalue weighted by molar-refractivity contribution is 5.10. The van der Waals surface area contributed by atoms with Gasteiger partial charge in [-0.2, -0.15) is 0 Å². The molecule has 1 rings (SSSR count). The Labute approximate surface area is 98.2 Å². The molecule has 0 aromatic carbocycles. The molecule has 0 saturated heterocycles. The Morgan fingerprint density at radius 2 is 2.31 bits per heavy atom. The summed E-state index contributed by atoms with van der Waals surface area (Å²) in [7, 11) is 1.76. The first-order chi connectivity index (χ1) is 7.77. The summed E-state index contributed by atoms with van der Waals surface area (Å²) in [5, 5.41) is 3.52. The van der Waals surface area contributed by atoms with E-state index in [1.807, 2.05) is 12.3 Å². The molecule has 0 fully saturated rings. The number of nitrogens with zero attached hydrogens (tertiary/aromatic N) is 1. The fraction of sp³-hybridized carbons (Fsp3) is 0.615. The highest BCUT2D eigenvalue weighted by Crippen LogP contribution is 2.07. The average Bonchev–Trinajstić information content (AvgIpc) is 2.34. The number of pyridine rings is 1. The van der Waals surface area contributed by atoms with Crippen LogP contribution < -0.4 is 5.32 Å². The Bertz CT molecular complexity index is 277. The van der Waals surface area contributed by atoms with Gasteiger partial charge in [0, 0.05) is 25.5 Å². The molecule has 0 aliphatic rings. The fourth-order valence-corrected chi connectivity index (χ4v) is 1.67. The van der Waals surface area contributed by atoms with Gasteiger partial charge in [0.1, 0.15) is 0 Å². The van der Waals surface area contributed by atoms with Crippen LogP contribution >= 0.6 is 0 Å². The Hall–Kier alpha value is -0.930. The zero-order valence-electron chi connectivity index (χ0n) is 10.4. The van der Waals surface area contributed by atoms with Crippen LogP contribution in [0.4, 0.5) is 0 Å². The second-order valence-corrected chi connectivity index (χ2v) is 4.07. The van der Waals surface area contributed by atoms with Gasteiger partial charge >= 0.3 is 0 Å². The number of aromatic nitrogens is 1. The summed E-state index contributed by atoms with van der Waals surface area (Å²) in [5.74, 6) is 0. The maximum absolute atomic E-state index is 5.40. The Kier molecular flexibility index (Phi) is 6.04. The third-order valence-electron chi connectivity index (χ3n) is 2.77. The van der Waals surface area contributed by atoms with Gasteiger partial charge < -0.3 is 10.1 Å². The Morgan fingerprint density at radius 3 is 2.88 bits per heavy atom. The van der Waals surface area contributed by atoms with Gasteiger partial charge in [-0.05, 0) is 37.9 Å². The zero-order valence-corrected chi connectivity index (χ0v) is 10.4. The molecule has 90 valence electrons. The summed E-state index contributed by atoms with van der Waals surface area (Å²) < 4.78 is 5.40. The van der Waals surface area contributed by atoms with E-state index in [9.17, 15) is 0 Å². The first-order valence-corrected chi connectivity index (χ1v) is 5.93. The molecule has 2 unspecified atom stereocenters. The lowest BCUT2D eigenvalue weighted by molar-refractivity contribution is 0.0830. The minimum Gasteiger partial charge on any atom is -0.380 e. The molecule has 0 spiro atoms. The van der Waals surface area contributed by atoms with Gasteiger partial charge in [0.2, 0.25) is 0 Å². The van der Waals surface area contributed by atoms with Crippen LogP contribution in [0.3, 0.4) is 0 Å². The van der Waals surface area contributed by atoms with Crippen LogP contribution in [0.15, 0.2) is 24.5 Å². The molecule has 0 aliphatic heterocycles. The summed E-state index contributed by atoms with van der Waals surface area (Å²) in [6.07, 6.45) is 6.04. The van der Waals surface area contributed by atoms with Crippen molar-refractivity contribution in [1.82, 2.24) is 10.3 Å². The maximum atomic E-state index is 5.40. The third-order valence-corrected chi connectivity index (χ3v) is 2.77. The standard InChI is InChI=1S/C13H22N2O/c1-4-7-15-13(11(2)16-3)9-12-6-5-8-14-10-12/h5-6,8,10-11,13,15H,4,7,9H2,1-3H3. The second kappa shape index (κ2) is 7.36. The molecular formula is C13H22N2O. The molecule has 16 heavy (non-hydrogen) atoms. The Morgan fingerprint density at radius 1 is 1.50 bits per heavy atom. The van der Waals surface area contributed by atoms with Gasteiger partial charge in [0.25, 0.3) is 0 Å². The zero-order chi connectivity index (χ0) is 11.8. The van der Waals surface area contributed by atoms with E-state index < -0.39 is 0 Å². The molecule has 1 heterocycles. The summed E-state index contributed by atoms with van der Waals surface area (Å²) in [5.41, 5.74) is 1.25. The molecule has 1 aromatic heterocycles. The Balaban J connectivity index is 2.56. The number of methoxy groups -OCH3 is 1. The predicted octanol–water partition coefficient (Wildman–Crippen LogP) is 2.03. The van der Waals surface area contributed by atoms with Crippen LogP contribution in [0.2, 0.25) is 0 Å². The van der Waals surface area contributed by atoms with Crippen LogP contribution in [0, 0.1) is 0 Å². The van der Waals surface area contributed by atoms with Crippen molar-refractivity contribution in [3.8, 4) is 0 Å². The van der Waals surface area contributed by atoms with Gasteiger partial charge in [-0.3, -0.25) is 4.98 Å². The van der Waals surface area contributed by atoms with Crippen LogP contribution in [-0.2, 0) is 11.2 Å². The topological polar surface area (TPSA) is 34.2 Å². The monoisotopic (exact) mass is 222 g/mol. The van der Waals surface area contributed by atoms with Gasteiger partial charge in [-0.1, -0.05) is 13.0 Å². The number of hydrogen-bond donors (Lipinski definition) is 1. The summed E-state index contributed by atoms with van der Waals surface area (Å²) in [6, 6.07) is 4.44. The smallest absolute Gasteiger partial charge is 0.0699 e. The van der Waals surface area contributed by atoms with Gasteiger partial charge in [0.15, 0.2) is 0 Å². The molecular weight excluding hydrogens is 200 g/mol. The number of nitrogens with one attached hydrogen (secondary N) is 1. The average molecular weight is 222 g/mol. The van der Waals surface area contributed by atoms with Crippen molar-refractivity contribution in [2.75, 3.05) is 13.7 Å². The molecule has 3 nitrogen and oxygen atoms in total. The van der Waals surface area contributed by atoms with E-state index in [1.54, 1.807) is 13.3 Å². The summed E-state index contributed by atoms with van der Waals surface area (Å²) >= 11 is 0. The van der Waals surface area contributed by atoms with E-state index in [-0.39, 0.29) is 6.10 Å². The number of ether oxygens (including phenoxy) is 1. The maximum Gasteiger partial charge on any atom is 0.0699 e. The fourth-order valence-electron chi connectivity index (χ4n) is 1.67. The van der Waals surface area contributed by atoms with Crippen molar-refractivity contribution < 1.29 is 4.74 Å². The van der Waals surface area contributed by atoms with Crippen molar-refractivity contribution in [3.05, 3.63) is 30.1 Å². The lowest BCUT2D eigenvalue weighted by Crippen LogP contribution is -2.41. The van der Waals surface area contributed by atoms with Crippen LogP contribution in [0.25, 0.3) is 0 Å². The lowest BCUT2D eigenvalue weighted by Gasteiger charge is -2.24. The van der Waals surface area contributed by atoms with E-state index in [1.165, 1.54) is 5.56 Å². The molecule has 1 aromatic rings. The second-order valence-electron chi connectivity index (χ2n) is 4.07. The van der Waals surface area contributed by atoms with Gasteiger partial charge in [-0.25, -0.2) is 0 Å². The molecule has 0 saturated carbocycles. The van der Waals surface area contributed by atoms with E-state index in [0.29, 0.717) is 6.04 Å². The normalized spacial score (nSPS) is 14.7. The van der Waals surface area contributed by atoms with E-state index in [0.717, 1.165) is 19.4 Å². The molecule has 2 atom stereocenters. The minimum atomic E-state index is 0.215. The first-order valence-electron chi connectivity index (χ1n) is 5.93. The minimum absolute atomic E-state index is 0.215. The molecule has 0 radical (unpaired) electrons. The van der Waals surface area contributed by atoms with Crippen LogP contribution in [0.1, 0.15) is 25.8 Å². The van der Waals surface area contributed by atoms with Gasteiger partial charge in [0.05, 0.1) is 6.10 Å². The van der Waals surface area contributed by atoms with Crippen molar-refractivity contribution in [2.24, 2.45) is 0 Å². The van der Waals surface area contributed by atoms with Crippen molar-refractivity contribution in [1.29, 1.82) is 0 Å². The van der Waals surface area contributed by atoms with E-state index in [4.69, 9.17) is 4.74 Å². The van der Waals surface area contributed by atoms with Crippen LogP contribution in [0.5, 0.6) is 0 Å². The van der Waals surface area contributed by atoms with E-state index in [2.05, 4.69) is 30.2 Å². The predicted molar refractivity (Wildman–Crippen MR) is 66.5 cm³/mol. The van der Waals surface area contributed by atoms with E-state index >= 15 is 0 Å². The molecule has 0 bridgehead atoms. The SMILES string of the molecule is CCCNC(Cc1cccnc1)C(C)OC. The van der Waals surface area contributed by atoms with Crippen molar-refractivity contribution >= 4 is 0 Å². The lowest BCUT2D eigenvalue weighted by atomic mass is 10.0.